The van der Waals surface area contributed by atoms with E-state index >= 15 is 0 Å². The summed E-state index contributed by atoms with van der Waals surface area (Å²) in [6.45, 7) is 3.61. The predicted octanol–water partition coefficient (Wildman–Crippen LogP) is 3.72. The van der Waals surface area contributed by atoms with Crippen molar-refractivity contribution in [3.8, 4) is 5.75 Å². The molecule has 0 saturated heterocycles. The number of carboxylic acids is 1. The van der Waals surface area contributed by atoms with Crippen LogP contribution in [0.25, 0.3) is 0 Å². The molecule has 0 bridgehead atoms. The number of alkyl halides is 1. The summed E-state index contributed by atoms with van der Waals surface area (Å²) in [6.07, 6.45) is -0.848. The summed E-state index contributed by atoms with van der Waals surface area (Å²) in [6, 6.07) is 5.12. The molecule has 0 fully saturated rings. The van der Waals surface area contributed by atoms with Crippen molar-refractivity contribution >= 4 is 33.5 Å². The molecule has 0 aliphatic heterocycles. The summed E-state index contributed by atoms with van der Waals surface area (Å²) in [5, 5.41) is 10.3. The van der Waals surface area contributed by atoms with Crippen LogP contribution in [0.2, 0.25) is 5.02 Å². The van der Waals surface area contributed by atoms with E-state index in [-0.39, 0.29) is 5.92 Å². The Labute approximate surface area is 114 Å². The maximum atomic E-state index is 11.0. The number of aliphatic carboxylic acids is 1. The van der Waals surface area contributed by atoms with Crippen LogP contribution in [0.4, 0.5) is 0 Å². The van der Waals surface area contributed by atoms with Gasteiger partial charge in [0, 0.05) is 16.3 Å². The lowest BCUT2D eigenvalue weighted by Crippen LogP contribution is -2.32. The van der Waals surface area contributed by atoms with Gasteiger partial charge in [-0.1, -0.05) is 41.4 Å². The van der Waals surface area contributed by atoms with E-state index in [2.05, 4.69) is 15.9 Å². The maximum absolute atomic E-state index is 11.0. The monoisotopic (exact) mass is 320 g/mol. The fraction of sp³-hybridized carbons (Fsp3) is 0.417. The van der Waals surface area contributed by atoms with Crippen molar-refractivity contribution in [2.75, 3.05) is 0 Å². The lowest BCUT2D eigenvalue weighted by Gasteiger charge is -2.18. The van der Waals surface area contributed by atoms with Gasteiger partial charge < -0.3 is 9.84 Å². The minimum absolute atomic E-state index is 0.101. The lowest BCUT2D eigenvalue weighted by molar-refractivity contribution is -0.147. The number of halogens is 2. The van der Waals surface area contributed by atoms with Gasteiger partial charge in [-0.3, -0.25) is 0 Å². The zero-order valence-corrected chi connectivity index (χ0v) is 12.0. The van der Waals surface area contributed by atoms with Crippen molar-refractivity contribution in [3.05, 3.63) is 28.8 Å². The fourth-order valence-corrected chi connectivity index (χ4v) is 2.15. The molecule has 0 heterocycles. The molecule has 3 nitrogen and oxygen atoms in total. The topological polar surface area (TPSA) is 46.5 Å². The second kappa shape index (κ2) is 6.26. The highest BCUT2D eigenvalue weighted by molar-refractivity contribution is 9.08. The molecule has 5 heteroatoms. The van der Waals surface area contributed by atoms with Crippen LogP contribution in [0, 0.1) is 5.92 Å². The molecule has 0 unspecified atom stereocenters. The standard InChI is InChI=1S/C12H14BrClO3/c1-7(2)11(12(15)16)17-9-3-4-10(14)8(5-9)6-13/h3-5,7,11H,6H2,1-2H3,(H,15,16)/t11-/m0/s1. The van der Waals surface area contributed by atoms with Crippen molar-refractivity contribution in [2.45, 2.75) is 25.3 Å². The third-order valence-electron chi connectivity index (χ3n) is 2.27. The van der Waals surface area contributed by atoms with Crippen LogP contribution in [-0.2, 0) is 10.1 Å². The van der Waals surface area contributed by atoms with Crippen LogP contribution in [-0.4, -0.2) is 17.2 Å². The molecule has 94 valence electrons. The Morgan fingerprint density at radius 2 is 2.18 bits per heavy atom. The molecule has 1 N–H and O–H groups in total. The Morgan fingerprint density at radius 3 is 2.65 bits per heavy atom. The molecule has 1 rings (SSSR count). The maximum Gasteiger partial charge on any atom is 0.345 e. The van der Waals surface area contributed by atoms with Gasteiger partial charge in [0.05, 0.1) is 0 Å². The third-order valence-corrected chi connectivity index (χ3v) is 3.25. The van der Waals surface area contributed by atoms with Gasteiger partial charge in [-0.2, -0.15) is 0 Å². The quantitative estimate of drug-likeness (QED) is 0.841. The van der Waals surface area contributed by atoms with Crippen LogP contribution in [0.15, 0.2) is 18.2 Å². The number of hydrogen-bond donors (Lipinski definition) is 1. The summed E-state index contributed by atoms with van der Waals surface area (Å²) in [4.78, 5) is 11.0. The molecule has 17 heavy (non-hydrogen) atoms. The Balaban J connectivity index is 2.90. The van der Waals surface area contributed by atoms with Crippen molar-refractivity contribution < 1.29 is 14.6 Å². The second-order valence-electron chi connectivity index (χ2n) is 4.01. The van der Waals surface area contributed by atoms with Gasteiger partial charge in [0.25, 0.3) is 0 Å². The number of carbonyl (C=O) groups is 1. The van der Waals surface area contributed by atoms with E-state index in [1.165, 1.54) is 0 Å². The van der Waals surface area contributed by atoms with Crippen molar-refractivity contribution in [2.24, 2.45) is 5.92 Å². The minimum Gasteiger partial charge on any atom is -0.478 e. The van der Waals surface area contributed by atoms with E-state index in [1.807, 2.05) is 0 Å². The van der Waals surface area contributed by atoms with Gasteiger partial charge >= 0.3 is 5.97 Å². The molecule has 0 aliphatic carbocycles. The number of ether oxygens (including phenoxy) is 1. The minimum atomic E-state index is -0.963. The molecule has 0 radical (unpaired) electrons. The zero-order chi connectivity index (χ0) is 13.0. The SMILES string of the molecule is CC(C)[C@H](Oc1ccc(Cl)c(CBr)c1)C(=O)O. The molecule has 0 spiro atoms. The Kier molecular flexibility index (Phi) is 5.28. The summed E-state index contributed by atoms with van der Waals surface area (Å²) in [7, 11) is 0. The summed E-state index contributed by atoms with van der Waals surface area (Å²) in [5.41, 5.74) is 0.872. The zero-order valence-electron chi connectivity index (χ0n) is 9.61. The Bertz CT molecular complexity index is 407. The molecule has 0 saturated carbocycles. The van der Waals surface area contributed by atoms with Gasteiger partial charge in [0.2, 0.25) is 0 Å². The Hall–Kier alpha value is -0.740. The predicted molar refractivity (Wildman–Crippen MR) is 71.0 cm³/mol. The molecule has 1 atom stereocenters. The first-order chi connectivity index (χ1) is 7.95. The number of benzene rings is 1. The lowest BCUT2D eigenvalue weighted by atomic mass is 10.1. The van der Waals surface area contributed by atoms with Crippen LogP contribution >= 0.6 is 27.5 Å². The number of carboxylic acid groups (broad SMARTS) is 1. The van der Waals surface area contributed by atoms with Crippen molar-refractivity contribution in [3.63, 3.8) is 0 Å². The van der Waals surface area contributed by atoms with Gasteiger partial charge in [-0.15, -0.1) is 0 Å². The van der Waals surface area contributed by atoms with E-state index in [0.29, 0.717) is 16.1 Å². The average molecular weight is 322 g/mol. The van der Waals surface area contributed by atoms with E-state index in [1.54, 1.807) is 32.0 Å². The van der Waals surface area contributed by atoms with Gasteiger partial charge in [0.1, 0.15) is 5.75 Å². The van der Waals surface area contributed by atoms with Gasteiger partial charge in [0.15, 0.2) is 6.10 Å². The molecule has 1 aromatic rings. The highest BCUT2D eigenvalue weighted by Gasteiger charge is 2.23. The highest BCUT2D eigenvalue weighted by Crippen LogP contribution is 2.25. The average Bonchev–Trinajstić information content (AvgIpc) is 2.26. The molecule has 0 aromatic heterocycles. The summed E-state index contributed by atoms with van der Waals surface area (Å²) in [5.74, 6) is -0.545. The number of rotatable bonds is 5. The van der Waals surface area contributed by atoms with Crippen LogP contribution < -0.4 is 4.74 Å². The first-order valence-corrected chi connectivity index (χ1v) is 6.69. The van der Waals surface area contributed by atoms with Crippen molar-refractivity contribution in [1.29, 1.82) is 0 Å². The second-order valence-corrected chi connectivity index (χ2v) is 4.98. The fourth-order valence-electron chi connectivity index (χ4n) is 1.35. The van der Waals surface area contributed by atoms with E-state index in [0.717, 1.165) is 5.56 Å². The van der Waals surface area contributed by atoms with Gasteiger partial charge in [-0.25, -0.2) is 4.79 Å². The highest BCUT2D eigenvalue weighted by atomic mass is 79.9. The Morgan fingerprint density at radius 1 is 1.53 bits per heavy atom. The summed E-state index contributed by atoms with van der Waals surface area (Å²) >= 11 is 9.27. The van der Waals surface area contributed by atoms with Crippen LogP contribution in [0.3, 0.4) is 0 Å². The molecule has 0 aliphatic rings. The normalized spacial score (nSPS) is 12.5. The molecule has 0 amide bonds. The largest absolute Gasteiger partial charge is 0.478 e. The van der Waals surface area contributed by atoms with E-state index < -0.39 is 12.1 Å². The molecular formula is C12H14BrClO3. The molecular weight excluding hydrogens is 307 g/mol. The summed E-state index contributed by atoms with van der Waals surface area (Å²) < 4.78 is 5.46. The van der Waals surface area contributed by atoms with E-state index in [4.69, 9.17) is 21.4 Å². The van der Waals surface area contributed by atoms with Crippen LogP contribution in [0.5, 0.6) is 5.75 Å². The van der Waals surface area contributed by atoms with Crippen LogP contribution in [0.1, 0.15) is 19.4 Å². The third kappa shape index (κ3) is 3.89. The first-order valence-electron chi connectivity index (χ1n) is 5.19. The number of hydrogen-bond acceptors (Lipinski definition) is 2. The smallest absolute Gasteiger partial charge is 0.345 e. The van der Waals surface area contributed by atoms with Crippen molar-refractivity contribution in [1.82, 2.24) is 0 Å². The van der Waals surface area contributed by atoms with E-state index in [9.17, 15) is 4.79 Å². The van der Waals surface area contributed by atoms with Gasteiger partial charge in [-0.05, 0) is 23.8 Å². The molecule has 1 aromatic carbocycles. The first kappa shape index (κ1) is 14.3.